The van der Waals surface area contributed by atoms with Gasteiger partial charge in [-0.3, -0.25) is 9.59 Å². The van der Waals surface area contributed by atoms with Crippen LogP contribution in [0.25, 0.3) is 16.7 Å². The number of hydrazine groups is 1. The van der Waals surface area contributed by atoms with Crippen molar-refractivity contribution in [1.82, 2.24) is 29.7 Å². The molecule has 4 aromatic rings. The number of carbonyl (C=O) groups excluding carboxylic acids is 1. The van der Waals surface area contributed by atoms with Crippen molar-refractivity contribution in [1.29, 1.82) is 0 Å². The van der Waals surface area contributed by atoms with Crippen molar-refractivity contribution >= 4 is 57.4 Å². The summed E-state index contributed by atoms with van der Waals surface area (Å²) in [6.45, 7) is 10.1. The zero-order valence-electron chi connectivity index (χ0n) is 23.6. The molecule has 41 heavy (non-hydrogen) atoms. The largest absolute Gasteiger partial charge is 0.310 e. The number of hydrogen-bond acceptors (Lipinski definition) is 6. The number of nitrogens with one attached hydrogen (secondary N) is 1. The molecule has 1 atom stereocenters. The summed E-state index contributed by atoms with van der Waals surface area (Å²) in [5, 5.41) is 9.91. The summed E-state index contributed by atoms with van der Waals surface area (Å²) >= 11 is 19.2. The Balaban J connectivity index is 1.50. The van der Waals surface area contributed by atoms with E-state index in [1.54, 1.807) is 24.1 Å². The summed E-state index contributed by atoms with van der Waals surface area (Å²) in [6, 6.07) is 11.2. The molecule has 2 aromatic carbocycles. The van der Waals surface area contributed by atoms with Crippen LogP contribution in [-0.2, 0) is 11.2 Å². The summed E-state index contributed by atoms with van der Waals surface area (Å²) < 4.78 is 1.52. The zero-order chi connectivity index (χ0) is 29.6. The number of carbonyl (C=O) groups is 1. The molecule has 12 heteroatoms. The number of halogens is 3. The Labute approximate surface area is 253 Å². The second kappa shape index (κ2) is 11.7. The minimum atomic E-state index is -0.287. The van der Waals surface area contributed by atoms with Gasteiger partial charge in [-0.05, 0) is 49.7 Å². The van der Waals surface area contributed by atoms with Gasteiger partial charge in [0.25, 0.3) is 5.56 Å². The van der Waals surface area contributed by atoms with Gasteiger partial charge in [0.2, 0.25) is 5.91 Å². The van der Waals surface area contributed by atoms with Gasteiger partial charge in [0.1, 0.15) is 16.9 Å². The van der Waals surface area contributed by atoms with Gasteiger partial charge in [-0.25, -0.2) is 19.7 Å². The SMILES string of the molecule is CC(=O)N(c1ccc(Cc2nc3c(c(C(C)C)nn3-c3c(Cl)cc(Cl)cc3Cl)c(=O)[nH]2)cc1)N1CCN(C)C(C)C1. The summed E-state index contributed by atoms with van der Waals surface area (Å²) in [5.74, 6) is 0.376. The number of amides is 1. The van der Waals surface area contributed by atoms with E-state index in [1.165, 1.54) is 4.68 Å². The Kier molecular flexibility index (Phi) is 8.46. The molecule has 0 radical (unpaired) electrons. The van der Waals surface area contributed by atoms with E-state index < -0.39 is 0 Å². The number of aromatic nitrogens is 4. The lowest BCUT2D eigenvalue weighted by atomic mass is 10.1. The van der Waals surface area contributed by atoms with Gasteiger partial charge in [-0.1, -0.05) is 60.8 Å². The first kappa shape index (κ1) is 29.5. The van der Waals surface area contributed by atoms with Crippen LogP contribution in [-0.4, -0.2) is 68.3 Å². The zero-order valence-corrected chi connectivity index (χ0v) is 25.8. The Morgan fingerprint density at radius 3 is 2.37 bits per heavy atom. The number of aromatic amines is 1. The van der Waals surface area contributed by atoms with Crippen LogP contribution in [0.5, 0.6) is 0 Å². The van der Waals surface area contributed by atoms with Crippen molar-refractivity contribution in [2.45, 2.75) is 46.1 Å². The van der Waals surface area contributed by atoms with Crippen LogP contribution in [0.2, 0.25) is 15.1 Å². The molecule has 1 fully saturated rings. The highest BCUT2D eigenvalue weighted by Crippen LogP contribution is 2.34. The molecular formula is C29H32Cl3N7O2. The summed E-state index contributed by atoms with van der Waals surface area (Å²) in [6.07, 6.45) is 0.362. The first-order chi connectivity index (χ1) is 19.4. The molecule has 2 aromatic heterocycles. The van der Waals surface area contributed by atoms with Crippen molar-refractivity contribution in [2.75, 3.05) is 31.7 Å². The second-order valence-electron chi connectivity index (χ2n) is 10.8. The maximum absolute atomic E-state index is 13.3. The van der Waals surface area contributed by atoms with E-state index in [9.17, 15) is 9.59 Å². The number of hydrogen-bond donors (Lipinski definition) is 1. The van der Waals surface area contributed by atoms with Crippen molar-refractivity contribution in [3.63, 3.8) is 0 Å². The van der Waals surface area contributed by atoms with Gasteiger partial charge in [0.05, 0.1) is 21.4 Å². The Morgan fingerprint density at radius 1 is 1.12 bits per heavy atom. The Morgan fingerprint density at radius 2 is 1.78 bits per heavy atom. The monoisotopic (exact) mass is 615 g/mol. The molecule has 0 bridgehead atoms. The van der Waals surface area contributed by atoms with E-state index in [1.807, 2.05) is 38.1 Å². The van der Waals surface area contributed by atoms with Crippen molar-refractivity contribution in [2.24, 2.45) is 0 Å². The van der Waals surface area contributed by atoms with Gasteiger partial charge >= 0.3 is 0 Å². The second-order valence-corrected chi connectivity index (χ2v) is 12.0. The van der Waals surface area contributed by atoms with E-state index in [0.717, 1.165) is 30.9 Å². The number of H-pyrrole nitrogens is 1. The van der Waals surface area contributed by atoms with E-state index in [0.29, 0.717) is 55.8 Å². The van der Waals surface area contributed by atoms with Crippen molar-refractivity contribution in [3.05, 3.63) is 78.9 Å². The highest BCUT2D eigenvalue weighted by atomic mass is 35.5. The predicted octanol–water partition coefficient (Wildman–Crippen LogP) is 5.69. The Bertz CT molecular complexity index is 1640. The highest BCUT2D eigenvalue weighted by molar-refractivity contribution is 6.40. The number of piperazine rings is 1. The van der Waals surface area contributed by atoms with Crippen molar-refractivity contribution in [3.8, 4) is 5.69 Å². The molecule has 0 spiro atoms. The first-order valence-corrected chi connectivity index (χ1v) is 14.6. The van der Waals surface area contributed by atoms with Crippen LogP contribution in [0.1, 0.15) is 50.7 Å². The minimum absolute atomic E-state index is 0.0420. The molecule has 1 aliphatic heterocycles. The summed E-state index contributed by atoms with van der Waals surface area (Å²) in [4.78, 5) is 36.0. The molecule has 1 N–H and O–H groups in total. The number of likely N-dealkylation sites (N-methyl/N-ethyl adjacent to an activating group) is 1. The van der Waals surface area contributed by atoms with Crippen molar-refractivity contribution < 1.29 is 4.79 Å². The third kappa shape index (κ3) is 5.87. The van der Waals surface area contributed by atoms with Gasteiger partial charge in [-0.2, -0.15) is 5.10 Å². The molecule has 1 amide bonds. The number of fused-ring (bicyclic) bond motifs is 1. The van der Waals surface area contributed by atoms with Crippen LogP contribution in [0, 0.1) is 0 Å². The molecular weight excluding hydrogens is 585 g/mol. The lowest BCUT2D eigenvalue weighted by Crippen LogP contribution is -2.57. The fraction of sp³-hybridized carbons (Fsp3) is 0.379. The van der Waals surface area contributed by atoms with Gasteiger partial charge < -0.3 is 9.88 Å². The summed E-state index contributed by atoms with van der Waals surface area (Å²) in [7, 11) is 2.10. The van der Waals surface area contributed by atoms with E-state index in [-0.39, 0.29) is 17.4 Å². The number of anilines is 1. The standard InChI is InChI=1S/C29H32Cl3N7O2/c1-16(2)26-25-28(38(35-26)27-22(31)13-20(30)14-23(27)32)33-24(34-29(25)41)12-19-6-8-21(9-7-19)39(18(4)40)37-11-10-36(5)17(3)15-37/h6-9,13-14,16-17H,10-12,15H2,1-5H3,(H,33,34,41). The minimum Gasteiger partial charge on any atom is -0.310 e. The number of rotatable bonds is 6. The molecule has 0 aliphatic carbocycles. The molecule has 0 saturated carbocycles. The van der Waals surface area contributed by atoms with E-state index in [4.69, 9.17) is 44.9 Å². The lowest BCUT2D eigenvalue weighted by Gasteiger charge is -2.42. The van der Waals surface area contributed by atoms with E-state index in [2.05, 4.69) is 28.9 Å². The molecule has 216 valence electrons. The molecule has 1 saturated heterocycles. The number of nitrogens with zero attached hydrogens (tertiary/aromatic N) is 6. The molecule has 1 unspecified atom stereocenters. The summed E-state index contributed by atoms with van der Waals surface area (Å²) in [5.41, 5.74) is 2.79. The average Bonchev–Trinajstić information content (AvgIpc) is 3.26. The third-order valence-electron chi connectivity index (χ3n) is 7.43. The van der Waals surface area contributed by atoms with E-state index >= 15 is 0 Å². The average molecular weight is 617 g/mol. The first-order valence-electron chi connectivity index (χ1n) is 13.5. The van der Waals surface area contributed by atoms with Gasteiger partial charge in [-0.15, -0.1) is 0 Å². The maximum Gasteiger partial charge on any atom is 0.262 e. The third-order valence-corrected chi connectivity index (χ3v) is 8.22. The molecule has 1 aliphatic rings. The normalized spacial score (nSPS) is 16.6. The molecule has 9 nitrogen and oxygen atoms in total. The fourth-order valence-corrected chi connectivity index (χ4v) is 6.16. The number of benzene rings is 2. The maximum atomic E-state index is 13.3. The quantitative estimate of drug-likeness (QED) is 0.300. The topological polar surface area (TPSA) is 90.4 Å². The smallest absolute Gasteiger partial charge is 0.262 e. The van der Waals surface area contributed by atoms with Crippen LogP contribution < -0.4 is 10.6 Å². The molecule has 5 rings (SSSR count). The van der Waals surface area contributed by atoms with Gasteiger partial charge in [0.15, 0.2) is 5.65 Å². The Hall–Kier alpha value is -2.95. The fourth-order valence-electron chi connectivity index (χ4n) is 5.18. The van der Waals surface area contributed by atoms with Gasteiger partial charge in [0, 0.05) is 44.0 Å². The molecule has 3 heterocycles. The van der Waals surface area contributed by atoms with Crippen LogP contribution in [0.15, 0.2) is 41.2 Å². The highest BCUT2D eigenvalue weighted by Gasteiger charge is 2.28. The predicted molar refractivity (Wildman–Crippen MR) is 165 cm³/mol. The van der Waals surface area contributed by atoms with Crippen LogP contribution in [0.4, 0.5) is 5.69 Å². The lowest BCUT2D eigenvalue weighted by molar-refractivity contribution is -0.120. The van der Waals surface area contributed by atoms with Crippen LogP contribution in [0.3, 0.4) is 0 Å². The van der Waals surface area contributed by atoms with Crippen LogP contribution >= 0.6 is 34.8 Å².